The highest BCUT2D eigenvalue weighted by molar-refractivity contribution is 5.88. The van der Waals surface area contributed by atoms with Gasteiger partial charge in [-0.1, -0.05) is 12.1 Å². The van der Waals surface area contributed by atoms with Crippen LogP contribution in [0.3, 0.4) is 0 Å². The second-order valence-electron chi connectivity index (χ2n) is 4.32. The van der Waals surface area contributed by atoms with Gasteiger partial charge in [-0.15, -0.1) is 0 Å². The SMILES string of the molecule is CNC(=O)Nc1ccc(Oc2ccccc2C(F)(F)F)cc1. The predicted octanol–water partition coefficient (Wildman–Crippen LogP) is 4.25. The quantitative estimate of drug-likeness (QED) is 0.890. The second kappa shape index (κ2) is 6.38. The molecule has 0 radical (unpaired) electrons. The minimum atomic E-state index is -4.49. The lowest BCUT2D eigenvalue weighted by molar-refractivity contribution is -0.138. The molecule has 116 valence electrons. The molecule has 0 aromatic heterocycles. The molecule has 0 heterocycles. The molecule has 4 nitrogen and oxygen atoms in total. The molecule has 0 fully saturated rings. The number of amides is 2. The Morgan fingerprint density at radius 2 is 1.68 bits per heavy atom. The van der Waals surface area contributed by atoms with E-state index in [1.54, 1.807) is 0 Å². The van der Waals surface area contributed by atoms with Gasteiger partial charge >= 0.3 is 12.2 Å². The Morgan fingerprint density at radius 3 is 2.27 bits per heavy atom. The standard InChI is InChI=1S/C15H13F3N2O2/c1-19-14(21)20-10-6-8-11(9-7-10)22-13-5-3-2-4-12(13)15(16,17)18/h2-9H,1H3,(H2,19,20,21). The molecule has 0 saturated carbocycles. The number of benzene rings is 2. The van der Waals surface area contributed by atoms with E-state index in [9.17, 15) is 18.0 Å². The minimum Gasteiger partial charge on any atom is -0.457 e. The van der Waals surface area contributed by atoms with Crippen LogP contribution < -0.4 is 15.4 Å². The van der Waals surface area contributed by atoms with Gasteiger partial charge in [-0.25, -0.2) is 4.79 Å². The highest BCUT2D eigenvalue weighted by Crippen LogP contribution is 2.37. The fraction of sp³-hybridized carbons (Fsp3) is 0.133. The van der Waals surface area contributed by atoms with Gasteiger partial charge in [0.2, 0.25) is 0 Å². The van der Waals surface area contributed by atoms with Gasteiger partial charge in [-0.05, 0) is 36.4 Å². The largest absolute Gasteiger partial charge is 0.457 e. The summed E-state index contributed by atoms with van der Waals surface area (Å²) < 4.78 is 43.9. The number of alkyl halides is 3. The van der Waals surface area contributed by atoms with Crippen molar-refractivity contribution in [2.45, 2.75) is 6.18 Å². The van der Waals surface area contributed by atoms with Gasteiger partial charge in [-0.2, -0.15) is 13.2 Å². The van der Waals surface area contributed by atoms with E-state index in [-0.39, 0.29) is 11.5 Å². The third-order valence-corrected chi connectivity index (χ3v) is 2.76. The van der Waals surface area contributed by atoms with Crippen LogP contribution in [0.4, 0.5) is 23.7 Å². The summed E-state index contributed by atoms with van der Waals surface area (Å²) >= 11 is 0. The van der Waals surface area contributed by atoms with Crippen LogP contribution in [-0.4, -0.2) is 13.1 Å². The summed E-state index contributed by atoms with van der Waals surface area (Å²) in [6.45, 7) is 0. The zero-order valence-electron chi connectivity index (χ0n) is 11.6. The highest BCUT2D eigenvalue weighted by atomic mass is 19.4. The third-order valence-electron chi connectivity index (χ3n) is 2.76. The first-order chi connectivity index (χ1) is 10.4. The Bertz CT molecular complexity index is 655. The van der Waals surface area contributed by atoms with Crippen LogP contribution in [0.1, 0.15) is 5.56 Å². The number of hydrogen-bond acceptors (Lipinski definition) is 2. The lowest BCUT2D eigenvalue weighted by Crippen LogP contribution is -2.24. The van der Waals surface area contributed by atoms with Gasteiger partial charge in [0.05, 0.1) is 5.56 Å². The smallest absolute Gasteiger partial charge is 0.419 e. The van der Waals surface area contributed by atoms with E-state index < -0.39 is 17.8 Å². The molecular formula is C15H13F3N2O2. The van der Waals surface area contributed by atoms with E-state index in [0.717, 1.165) is 6.07 Å². The van der Waals surface area contributed by atoms with Crippen molar-refractivity contribution < 1.29 is 22.7 Å². The second-order valence-corrected chi connectivity index (χ2v) is 4.32. The molecule has 2 rings (SSSR count). The van der Waals surface area contributed by atoms with Gasteiger partial charge in [0, 0.05) is 12.7 Å². The number of para-hydroxylation sites is 1. The average Bonchev–Trinajstić information content (AvgIpc) is 2.48. The summed E-state index contributed by atoms with van der Waals surface area (Å²) in [6.07, 6.45) is -4.49. The van der Waals surface area contributed by atoms with Crippen LogP contribution in [0.25, 0.3) is 0 Å². The summed E-state index contributed by atoms with van der Waals surface area (Å²) in [6, 6.07) is 10.6. The van der Waals surface area contributed by atoms with Gasteiger partial charge in [0.15, 0.2) is 0 Å². The Balaban J connectivity index is 2.17. The summed E-state index contributed by atoms with van der Waals surface area (Å²) in [5, 5.41) is 4.92. The Kier molecular flexibility index (Phi) is 4.55. The van der Waals surface area contributed by atoms with Gasteiger partial charge in [0.1, 0.15) is 11.5 Å². The van der Waals surface area contributed by atoms with Crippen LogP contribution in [0, 0.1) is 0 Å². The molecule has 2 amide bonds. The third kappa shape index (κ3) is 3.91. The molecule has 0 saturated heterocycles. The molecule has 0 spiro atoms. The van der Waals surface area contributed by atoms with E-state index in [1.165, 1.54) is 49.5 Å². The number of hydrogen-bond donors (Lipinski definition) is 2. The van der Waals surface area contributed by atoms with E-state index in [2.05, 4.69) is 10.6 Å². The van der Waals surface area contributed by atoms with Crippen molar-refractivity contribution >= 4 is 11.7 Å². The fourth-order valence-corrected chi connectivity index (χ4v) is 1.72. The van der Waals surface area contributed by atoms with Crippen molar-refractivity contribution in [2.75, 3.05) is 12.4 Å². The lowest BCUT2D eigenvalue weighted by atomic mass is 10.2. The lowest BCUT2D eigenvalue weighted by Gasteiger charge is -2.13. The first kappa shape index (κ1) is 15.7. The summed E-state index contributed by atoms with van der Waals surface area (Å²) in [7, 11) is 1.47. The van der Waals surface area contributed by atoms with Gasteiger partial charge in [0.25, 0.3) is 0 Å². The zero-order chi connectivity index (χ0) is 16.2. The summed E-state index contributed by atoms with van der Waals surface area (Å²) in [4.78, 5) is 11.1. The van der Waals surface area contributed by atoms with Crippen molar-refractivity contribution in [2.24, 2.45) is 0 Å². The maximum atomic E-state index is 12.9. The molecule has 0 bridgehead atoms. The number of carbonyl (C=O) groups excluding carboxylic acids is 1. The molecule has 0 unspecified atom stereocenters. The molecule has 0 atom stereocenters. The first-order valence-electron chi connectivity index (χ1n) is 6.33. The van der Waals surface area contributed by atoms with Crippen molar-refractivity contribution in [1.82, 2.24) is 5.32 Å². The molecule has 2 N–H and O–H groups in total. The summed E-state index contributed by atoms with van der Waals surface area (Å²) in [5.74, 6) is -0.0406. The van der Waals surface area contributed by atoms with E-state index in [4.69, 9.17) is 4.74 Å². The van der Waals surface area contributed by atoms with Gasteiger partial charge < -0.3 is 15.4 Å². The maximum absolute atomic E-state index is 12.9. The monoisotopic (exact) mass is 310 g/mol. The molecule has 0 aliphatic carbocycles. The molecule has 0 aliphatic rings. The molecule has 0 aliphatic heterocycles. The number of halogens is 3. The number of carbonyl (C=O) groups is 1. The van der Waals surface area contributed by atoms with E-state index in [1.807, 2.05) is 0 Å². The van der Waals surface area contributed by atoms with Crippen molar-refractivity contribution in [3.8, 4) is 11.5 Å². The topological polar surface area (TPSA) is 50.4 Å². The average molecular weight is 310 g/mol. The molecule has 7 heteroatoms. The van der Waals surface area contributed by atoms with Crippen LogP contribution in [-0.2, 0) is 6.18 Å². The van der Waals surface area contributed by atoms with Crippen molar-refractivity contribution in [3.05, 3.63) is 54.1 Å². The normalized spacial score (nSPS) is 10.9. The number of ether oxygens (including phenoxy) is 1. The Hall–Kier alpha value is -2.70. The predicted molar refractivity (Wildman–Crippen MR) is 76.0 cm³/mol. The highest BCUT2D eigenvalue weighted by Gasteiger charge is 2.34. The molecular weight excluding hydrogens is 297 g/mol. The Morgan fingerprint density at radius 1 is 1.05 bits per heavy atom. The van der Waals surface area contributed by atoms with E-state index >= 15 is 0 Å². The fourth-order valence-electron chi connectivity index (χ4n) is 1.72. The van der Waals surface area contributed by atoms with Crippen LogP contribution >= 0.6 is 0 Å². The van der Waals surface area contributed by atoms with Crippen LogP contribution in [0.5, 0.6) is 11.5 Å². The number of rotatable bonds is 3. The molecule has 2 aromatic carbocycles. The minimum absolute atomic E-state index is 0.235. The van der Waals surface area contributed by atoms with Crippen LogP contribution in [0.15, 0.2) is 48.5 Å². The first-order valence-corrected chi connectivity index (χ1v) is 6.33. The van der Waals surface area contributed by atoms with Crippen molar-refractivity contribution in [1.29, 1.82) is 0 Å². The number of nitrogens with one attached hydrogen (secondary N) is 2. The molecule has 2 aromatic rings. The Labute approximate surface area is 124 Å². The molecule has 22 heavy (non-hydrogen) atoms. The van der Waals surface area contributed by atoms with Crippen molar-refractivity contribution in [3.63, 3.8) is 0 Å². The number of anilines is 1. The van der Waals surface area contributed by atoms with E-state index in [0.29, 0.717) is 5.69 Å². The zero-order valence-corrected chi connectivity index (χ0v) is 11.6. The maximum Gasteiger partial charge on any atom is 0.419 e. The summed E-state index contributed by atoms with van der Waals surface area (Å²) in [5.41, 5.74) is -0.349. The number of urea groups is 1. The van der Waals surface area contributed by atoms with Gasteiger partial charge in [-0.3, -0.25) is 0 Å². The van der Waals surface area contributed by atoms with Crippen LogP contribution in [0.2, 0.25) is 0 Å².